The number of aliphatic hydroxyl groups is 1. The Bertz CT molecular complexity index is 220. The van der Waals surface area contributed by atoms with Crippen LogP contribution in [-0.4, -0.2) is 50.1 Å². The highest BCUT2D eigenvalue weighted by molar-refractivity contribution is 4.93. The van der Waals surface area contributed by atoms with Gasteiger partial charge in [-0.1, -0.05) is 6.42 Å². The molecule has 1 aliphatic carbocycles. The maximum absolute atomic E-state index is 8.60. The second-order valence-electron chi connectivity index (χ2n) is 5.55. The SMILES string of the molecule is OCCOCCCNC1CCCC1C1CCCN1. The number of aliphatic hydroxyl groups excluding tert-OH is 1. The number of rotatable bonds is 8. The van der Waals surface area contributed by atoms with Gasteiger partial charge in [-0.25, -0.2) is 0 Å². The third-order valence-electron chi connectivity index (χ3n) is 4.29. The smallest absolute Gasteiger partial charge is 0.0697 e. The van der Waals surface area contributed by atoms with Crippen LogP contribution in [0, 0.1) is 5.92 Å². The van der Waals surface area contributed by atoms with Crippen LogP contribution in [0.15, 0.2) is 0 Å². The predicted octanol–water partition coefficient (Wildman–Crippen LogP) is 0.896. The molecule has 0 radical (unpaired) electrons. The fraction of sp³-hybridized carbons (Fsp3) is 1.00. The van der Waals surface area contributed by atoms with E-state index in [0.29, 0.717) is 12.6 Å². The molecule has 106 valence electrons. The topological polar surface area (TPSA) is 53.5 Å². The van der Waals surface area contributed by atoms with E-state index in [-0.39, 0.29) is 6.61 Å². The summed E-state index contributed by atoms with van der Waals surface area (Å²) in [5, 5.41) is 16.0. The molecule has 0 amide bonds. The van der Waals surface area contributed by atoms with Gasteiger partial charge < -0.3 is 20.5 Å². The van der Waals surface area contributed by atoms with Crippen LogP contribution in [0.4, 0.5) is 0 Å². The summed E-state index contributed by atoms with van der Waals surface area (Å²) in [5.74, 6) is 0.839. The molecule has 2 aliphatic rings. The molecule has 0 aromatic heterocycles. The highest BCUT2D eigenvalue weighted by Gasteiger charge is 2.34. The molecule has 3 atom stereocenters. The summed E-state index contributed by atoms with van der Waals surface area (Å²) < 4.78 is 5.27. The van der Waals surface area contributed by atoms with Crippen molar-refractivity contribution in [3.63, 3.8) is 0 Å². The molecule has 18 heavy (non-hydrogen) atoms. The minimum absolute atomic E-state index is 0.130. The van der Waals surface area contributed by atoms with Crippen molar-refractivity contribution in [2.75, 3.05) is 32.9 Å². The summed E-state index contributed by atoms with van der Waals surface area (Å²) >= 11 is 0. The largest absolute Gasteiger partial charge is 0.394 e. The lowest BCUT2D eigenvalue weighted by molar-refractivity contribution is 0.0900. The Morgan fingerprint density at radius 1 is 1.17 bits per heavy atom. The van der Waals surface area contributed by atoms with Crippen molar-refractivity contribution in [1.29, 1.82) is 0 Å². The maximum atomic E-state index is 8.60. The molecule has 0 spiro atoms. The fourth-order valence-corrected chi connectivity index (χ4v) is 3.43. The first-order valence-electron chi connectivity index (χ1n) is 7.57. The molecule has 2 fully saturated rings. The second-order valence-corrected chi connectivity index (χ2v) is 5.55. The van der Waals surface area contributed by atoms with Crippen molar-refractivity contribution < 1.29 is 9.84 Å². The zero-order valence-electron chi connectivity index (χ0n) is 11.4. The van der Waals surface area contributed by atoms with Crippen molar-refractivity contribution in [2.45, 2.75) is 50.6 Å². The van der Waals surface area contributed by atoms with Crippen LogP contribution in [0.1, 0.15) is 38.5 Å². The first-order valence-corrected chi connectivity index (χ1v) is 7.57. The van der Waals surface area contributed by atoms with Crippen molar-refractivity contribution in [3.8, 4) is 0 Å². The zero-order chi connectivity index (χ0) is 12.6. The lowest BCUT2D eigenvalue weighted by atomic mass is 9.93. The van der Waals surface area contributed by atoms with E-state index in [1.54, 1.807) is 0 Å². The number of hydrogen-bond donors (Lipinski definition) is 3. The van der Waals surface area contributed by atoms with Gasteiger partial charge in [-0.15, -0.1) is 0 Å². The van der Waals surface area contributed by atoms with Crippen molar-refractivity contribution in [3.05, 3.63) is 0 Å². The van der Waals surface area contributed by atoms with Gasteiger partial charge in [-0.3, -0.25) is 0 Å². The summed E-state index contributed by atoms with van der Waals surface area (Å²) in [4.78, 5) is 0. The van der Waals surface area contributed by atoms with Gasteiger partial charge in [-0.2, -0.15) is 0 Å². The minimum atomic E-state index is 0.130. The van der Waals surface area contributed by atoms with Gasteiger partial charge in [0.2, 0.25) is 0 Å². The van der Waals surface area contributed by atoms with E-state index in [1.807, 2.05) is 0 Å². The molecule has 2 rings (SSSR count). The molecule has 3 unspecified atom stereocenters. The lowest BCUT2D eigenvalue weighted by Crippen LogP contribution is -2.42. The first-order chi connectivity index (χ1) is 8.92. The number of nitrogens with one attached hydrogen (secondary N) is 2. The minimum Gasteiger partial charge on any atom is -0.394 e. The summed E-state index contributed by atoms with van der Waals surface area (Å²) in [6.07, 6.45) is 7.85. The highest BCUT2D eigenvalue weighted by atomic mass is 16.5. The van der Waals surface area contributed by atoms with E-state index in [2.05, 4.69) is 10.6 Å². The van der Waals surface area contributed by atoms with E-state index in [1.165, 1.54) is 38.6 Å². The molecule has 0 aromatic rings. The molecular formula is C14H28N2O2. The van der Waals surface area contributed by atoms with Crippen LogP contribution < -0.4 is 10.6 Å². The number of ether oxygens (including phenoxy) is 1. The van der Waals surface area contributed by atoms with Gasteiger partial charge >= 0.3 is 0 Å². The fourth-order valence-electron chi connectivity index (χ4n) is 3.43. The second kappa shape index (κ2) is 8.10. The maximum Gasteiger partial charge on any atom is 0.0697 e. The first kappa shape index (κ1) is 14.3. The molecule has 3 N–H and O–H groups in total. The Labute approximate surface area is 110 Å². The highest BCUT2D eigenvalue weighted by Crippen LogP contribution is 2.31. The van der Waals surface area contributed by atoms with Crippen molar-refractivity contribution >= 4 is 0 Å². The number of hydrogen-bond acceptors (Lipinski definition) is 4. The Hall–Kier alpha value is -0.160. The van der Waals surface area contributed by atoms with Crippen LogP contribution in [-0.2, 0) is 4.74 Å². The Kier molecular flexibility index (Phi) is 6.41. The third kappa shape index (κ3) is 4.19. The van der Waals surface area contributed by atoms with Crippen LogP contribution in [0.5, 0.6) is 0 Å². The molecule has 1 saturated heterocycles. The molecular weight excluding hydrogens is 228 g/mol. The van der Waals surface area contributed by atoms with Gasteiger partial charge in [0.05, 0.1) is 13.2 Å². The zero-order valence-corrected chi connectivity index (χ0v) is 11.4. The van der Waals surface area contributed by atoms with E-state index in [4.69, 9.17) is 9.84 Å². The molecule has 4 heteroatoms. The Morgan fingerprint density at radius 2 is 2.11 bits per heavy atom. The summed E-state index contributed by atoms with van der Waals surface area (Å²) in [6, 6.07) is 1.47. The monoisotopic (exact) mass is 256 g/mol. The average molecular weight is 256 g/mol. The average Bonchev–Trinajstić information content (AvgIpc) is 3.03. The van der Waals surface area contributed by atoms with Gasteiger partial charge in [0, 0.05) is 18.7 Å². The van der Waals surface area contributed by atoms with Gasteiger partial charge in [0.15, 0.2) is 0 Å². The quantitative estimate of drug-likeness (QED) is 0.565. The summed E-state index contributed by atoms with van der Waals surface area (Å²) in [7, 11) is 0. The summed E-state index contributed by atoms with van der Waals surface area (Å²) in [6.45, 7) is 3.61. The van der Waals surface area contributed by atoms with Gasteiger partial charge in [-0.05, 0) is 51.1 Å². The third-order valence-corrected chi connectivity index (χ3v) is 4.29. The molecule has 4 nitrogen and oxygen atoms in total. The van der Waals surface area contributed by atoms with E-state index in [0.717, 1.165) is 31.5 Å². The molecule has 1 heterocycles. The van der Waals surface area contributed by atoms with E-state index in [9.17, 15) is 0 Å². The van der Waals surface area contributed by atoms with E-state index < -0.39 is 0 Å². The normalized spacial score (nSPS) is 32.2. The van der Waals surface area contributed by atoms with Crippen LogP contribution in [0.2, 0.25) is 0 Å². The molecule has 1 saturated carbocycles. The van der Waals surface area contributed by atoms with E-state index >= 15 is 0 Å². The van der Waals surface area contributed by atoms with Crippen molar-refractivity contribution in [2.24, 2.45) is 5.92 Å². The van der Waals surface area contributed by atoms with Gasteiger partial charge in [0.1, 0.15) is 0 Å². The lowest BCUT2D eigenvalue weighted by Gasteiger charge is -2.26. The predicted molar refractivity (Wildman–Crippen MR) is 72.7 cm³/mol. The Balaban J connectivity index is 1.59. The standard InChI is InChI=1S/C14H28N2O2/c17-9-11-18-10-3-8-16-13-5-1-4-12(13)14-6-2-7-15-14/h12-17H,1-11H2. The van der Waals surface area contributed by atoms with Crippen LogP contribution >= 0.6 is 0 Å². The van der Waals surface area contributed by atoms with Crippen molar-refractivity contribution in [1.82, 2.24) is 10.6 Å². The Morgan fingerprint density at radius 3 is 2.89 bits per heavy atom. The van der Waals surface area contributed by atoms with Gasteiger partial charge in [0.25, 0.3) is 0 Å². The molecule has 0 aromatic carbocycles. The summed E-state index contributed by atoms with van der Waals surface area (Å²) in [5.41, 5.74) is 0. The van der Waals surface area contributed by atoms with Crippen LogP contribution in [0.25, 0.3) is 0 Å². The van der Waals surface area contributed by atoms with Crippen LogP contribution in [0.3, 0.4) is 0 Å². The molecule has 0 bridgehead atoms. The molecule has 1 aliphatic heterocycles.